The summed E-state index contributed by atoms with van der Waals surface area (Å²) in [6.45, 7) is 1.96. The largest absolute Gasteiger partial charge is 0.392 e. The van der Waals surface area contributed by atoms with E-state index in [1.165, 1.54) is 0 Å². The minimum absolute atomic E-state index is 0.0605. The highest BCUT2D eigenvalue weighted by Crippen LogP contribution is 2.24. The number of hydrogen-bond acceptors (Lipinski definition) is 5. The van der Waals surface area contributed by atoms with Gasteiger partial charge in [-0.25, -0.2) is 9.67 Å². The third-order valence-corrected chi connectivity index (χ3v) is 3.60. The lowest BCUT2D eigenvalue weighted by Gasteiger charge is -2.32. The predicted octanol–water partition coefficient (Wildman–Crippen LogP) is 1.01. The molecule has 0 saturated carbocycles. The van der Waals surface area contributed by atoms with E-state index in [1.807, 2.05) is 23.0 Å². The molecule has 2 aromatic rings. The number of anilines is 1. The van der Waals surface area contributed by atoms with E-state index < -0.39 is 0 Å². The van der Waals surface area contributed by atoms with E-state index in [0.29, 0.717) is 6.04 Å². The van der Waals surface area contributed by atoms with Crippen LogP contribution in [0.1, 0.15) is 24.4 Å². The minimum Gasteiger partial charge on any atom is -0.392 e. The maximum Gasteiger partial charge on any atom is 0.128 e. The molecule has 6 heteroatoms. The molecule has 0 unspecified atom stereocenters. The maximum absolute atomic E-state index is 9.16. The van der Waals surface area contributed by atoms with Crippen molar-refractivity contribution < 1.29 is 5.11 Å². The fourth-order valence-electron chi connectivity index (χ4n) is 2.50. The topological polar surface area (TPSA) is 67.1 Å². The van der Waals surface area contributed by atoms with Gasteiger partial charge in [0.1, 0.15) is 5.82 Å². The fraction of sp³-hybridized carbons (Fsp3) is 0.462. The van der Waals surface area contributed by atoms with Gasteiger partial charge in [-0.15, -0.1) is 5.10 Å². The van der Waals surface area contributed by atoms with Crippen molar-refractivity contribution in [3.05, 3.63) is 36.3 Å². The van der Waals surface area contributed by atoms with Crippen LogP contribution in [0.15, 0.2) is 30.7 Å². The Labute approximate surface area is 111 Å². The van der Waals surface area contributed by atoms with Crippen molar-refractivity contribution in [3.8, 4) is 0 Å². The molecule has 0 radical (unpaired) electrons. The first-order chi connectivity index (χ1) is 9.36. The normalized spacial score (nSPS) is 16.8. The average molecular weight is 259 g/mol. The van der Waals surface area contributed by atoms with Gasteiger partial charge in [-0.2, -0.15) is 0 Å². The molecule has 0 bridgehead atoms. The van der Waals surface area contributed by atoms with Crippen LogP contribution in [0.5, 0.6) is 0 Å². The lowest BCUT2D eigenvalue weighted by atomic mass is 10.1. The SMILES string of the molecule is OCc1ccnc(N2CCC(n3ccnn3)CC2)c1. The second kappa shape index (κ2) is 5.36. The van der Waals surface area contributed by atoms with E-state index in [9.17, 15) is 0 Å². The zero-order chi connectivity index (χ0) is 13.1. The number of aliphatic hydroxyl groups excluding tert-OH is 1. The lowest BCUT2D eigenvalue weighted by Crippen LogP contribution is -2.35. The van der Waals surface area contributed by atoms with Crippen LogP contribution in [0.2, 0.25) is 0 Å². The summed E-state index contributed by atoms with van der Waals surface area (Å²) in [5.41, 5.74) is 0.906. The summed E-state index contributed by atoms with van der Waals surface area (Å²) >= 11 is 0. The first-order valence-electron chi connectivity index (χ1n) is 6.53. The number of piperidine rings is 1. The molecule has 0 aromatic carbocycles. The highest BCUT2D eigenvalue weighted by Gasteiger charge is 2.21. The first-order valence-corrected chi connectivity index (χ1v) is 6.53. The molecule has 100 valence electrons. The van der Waals surface area contributed by atoms with Crippen molar-refractivity contribution >= 4 is 5.82 Å². The molecule has 1 aliphatic rings. The molecule has 0 aliphatic carbocycles. The third-order valence-electron chi connectivity index (χ3n) is 3.60. The van der Waals surface area contributed by atoms with E-state index >= 15 is 0 Å². The van der Waals surface area contributed by atoms with Crippen LogP contribution in [0.3, 0.4) is 0 Å². The van der Waals surface area contributed by atoms with Crippen LogP contribution in [0, 0.1) is 0 Å². The summed E-state index contributed by atoms with van der Waals surface area (Å²) in [6, 6.07) is 4.22. The van der Waals surface area contributed by atoms with Crippen LogP contribution in [-0.2, 0) is 6.61 Å². The van der Waals surface area contributed by atoms with Gasteiger partial charge in [-0.05, 0) is 30.5 Å². The van der Waals surface area contributed by atoms with Crippen LogP contribution in [0.4, 0.5) is 5.82 Å². The van der Waals surface area contributed by atoms with Gasteiger partial charge in [-0.3, -0.25) is 0 Å². The first kappa shape index (κ1) is 12.1. The quantitative estimate of drug-likeness (QED) is 0.891. The maximum atomic E-state index is 9.16. The molecule has 0 atom stereocenters. The molecule has 3 rings (SSSR count). The Morgan fingerprint density at radius 1 is 1.26 bits per heavy atom. The second-order valence-corrected chi connectivity index (χ2v) is 4.78. The van der Waals surface area contributed by atoms with E-state index in [2.05, 4.69) is 20.2 Å². The van der Waals surface area contributed by atoms with Gasteiger partial charge in [0.25, 0.3) is 0 Å². The minimum atomic E-state index is 0.0605. The molecular formula is C13H17N5O. The van der Waals surface area contributed by atoms with E-state index in [1.54, 1.807) is 12.4 Å². The van der Waals surface area contributed by atoms with Crippen LogP contribution >= 0.6 is 0 Å². The number of pyridine rings is 1. The van der Waals surface area contributed by atoms with E-state index in [4.69, 9.17) is 5.11 Å². The van der Waals surface area contributed by atoms with Gasteiger partial charge >= 0.3 is 0 Å². The smallest absolute Gasteiger partial charge is 0.128 e. The van der Waals surface area contributed by atoms with Crippen LogP contribution in [0.25, 0.3) is 0 Å². The fourth-order valence-corrected chi connectivity index (χ4v) is 2.50. The van der Waals surface area contributed by atoms with Crippen LogP contribution in [-0.4, -0.2) is 38.2 Å². The summed E-state index contributed by atoms with van der Waals surface area (Å²) < 4.78 is 1.94. The summed E-state index contributed by atoms with van der Waals surface area (Å²) in [5.74, 6) is 0.948. The zero-order valence-electron chi connectivity index (χ0n) is 10.7. The summed E-state index contributed by atoms with van der Waals surface area (Å²) in [6.07, 6.45) is 7.47. The van der Waals surface area contributed by atoms with Gasteiger partial charge in [0.15, 0.2) is 0 Å². The Morgan fingerprint density at radius 3 is 2.79 bits per heavy atom. The Hall–Kier alpha value is -1.95. The van der Waals surface area contributed by atoms with Crippen molar-refractivity contribution in [1.82, 2.24) is 20.0 Å². The Kier molecular flexibility index (Phi) is 3.41. The predicted molar refractivity (Wildman–Crippen MR) is 70.7 cm³/mol. The van der Waals surface area contributed by atoms with Gasteiger partial charge < -0.3 is 10.0 Å². The number of rotatable bonds is 3. The molecule has 0 spiro atoms. The van der Waals surface area contributed by atoms with Crippen molar-refractivity contribution in [2.45, 2.75) is 25.5 Å². The number of nitrogens with zero attached hydrogens (tertiary/aromatic N) is 5. The Morgan fingerprint density at radius 2 is 2.11 bits per heavy atom. The Bertz CT molecular complexity index is 520. The average Bonchev–Trinajstić information content (AvgIpc) is 3.02. The van der Waals surface area contributed by atoms with E-state index in [-0.39, 0.29) is 6.61 Å². The molecular weight excluding hydrogens is 242 g/mol. The Balaban J connectivity index is 1.66. The van der Waals surface area contributed by atoms with Crippen molar-refractivity contribution in [1.29, 1.82) is 0 Å². The third kappa shape index (κ3) is 2.58. The summed E-state index contributed by atoms with van der Waals surface area (Å²) in [7, 11) is 0. The van der Waals surface area contributed by atoms with Gasteiger partial charge in [0.05, 0.1) is 18.8 Å². The zero-order valence-corrected chi connectivity index (χ0v) is 10.7. The molecule has 1 N–H and O–H groups in total. The molecule has 1 fully saturated rings. The molecule has 1 aliphatic heterocycles. The van der Waals surface area contributed by atoms with Gasteiger partial charge in [-0.1, -0.05) is 5.21 Å². The molecule has 1 saturated heterocycles. The number of aromatic nitrogens is 4. The van der Waals surface area contributed by atoms with Gasteiger partial charge in [0.2, 0.25) is 0 Å². The number of hydrogen-bond donors (Lipinski definition) is 1. The molecule has 3 heterocycles. The summed E-state index contributed by atoms with van der Waals surface area (Å²) in [5, 5.41) is 17.1. The number of aliphatic hydroxyl groups is 1. The second-order valence-electron chi connectivity index (χ2n) is 4.78. The van der Waals surface area contributed by atoms with Crippen molar-refractivity contribution in [2.24, 2.45) is 0 Å². The van der Waals surface area contributed by atoms with Gasteiger partial charge in [0, 0.05) is 25.5 Å². The highest BCUT2D eigenvalue weighted by molar-refractivity contribution is 5.41. The highest BCUT2D eigenvalue weighted by atomic mass is 16.3. The van der Waals surface area contributed by atoms with Crippen LogP contribution < -0.4 is 4.90 Å². The summed E-state index contributed by atoms with van der Waals surface area (Å²) in [4.78, 5) is 6.64. The van der Waals surface area contributed by atoms with E-state index in [0.717, 1.165) is 37.3 Å². The lowest BCUT2D eigenvalue weighted by molar-refractivity contribution is 0.281. The molecule has 0 amide bonds. The molecule has 6 nitrogen and oxygen atoms in total. The molecule has 19 heavy (non-hydrogen) atoms. The molecule has 2 aromatic heterocycles. The standard InChI is InChI=1S/C13H17N5O/c19-10-11-1-4-14-13(9-11)17-6-2-12(3-7-17)18-8-5-15-16-18/h1,4-5,8-9,12,19H,2-3,6-7,10H2. The van der Waals surface area contributed by atoms with Crippen molar-refractivity contribution in [3.63, 3.8) is 0 Å². The van der Waals surface area contributed by atoms with Crippen molar-refractivity contribution in [2.75, 3.05) is 18.0 Å². The monoisotopic (exact) mass is 259 g/mol.